The van der Waals surface area contributed by atoms with Crippen LogP contribution in [-0.4, -0.2) is 24.4 Å². The summed E-state index contributed by atoms with van der Waals surface area (Å²) in [5.41, 5.74) is 9.76. The van der Waals surface area contributed by atoms with Crippen molar-refractivity contribution in [3.63, 3.8) is 0 Å². The number of hydrogen-bond donors (Lipinski definition) is 3. The van der Waals surface area contributed by atoms with Gasteiger partial charge in [0.05, 0.1) is 5.94 Å². The topological polar surface area (TPSA) is 89.3 Å². The van der Waals surface area contributed by atoms with E-state index in [-0.39, 0.29) is 7.41 Å². The van der Waals surface area contributed by atoms with Gasteiger partial charge in [-0.3, -0.25) is 4.79 Å². The third-order valence-corrected chi connectivity index (χ3v) is 0.571. The molecular formula is C2H7BN2O2. The van der Waals surface area contributed by atoms with E-state index in [9.17, 15) is 4.79 Å². The zero-order chi connectivity index (χ0) is 5.86. The van der Waals surface area contributed by atoms with Gasteiger partial charge in [-0.05, 0) is 0 Å². The Morgan fingerprint density at radius 2 is 2.29 bits per heavy atom. The van der Waals surface area contributed by atoms with Gasteiger partial charge in [-0.15, -0.1) is 0 Å². The van der Waals surface area contributed by atoms with E-state index in [0.29, 0.717) is 0 Å². The highest BCUT2D eigenvalue weighted by Crippen LogP contribution is 1.65. The van der Waals surface area contributed by atoms with Gasteiger partial charge in [-0.1, -0.05) is 0 Å². The number of nitrogens with two attached hydrogens (primary N) is 2. The van der Waals surface area contributed by atoms with Gasteiger partial charge in [0.2, 0.25) is 7.41 Å². The first-order valence-corrected chi connectivity index (χ1v) is 1.87. The van der Waals surface area contributed by atoms with Crippen LogP contribution in [0.25, 0.3) is 0 Å². The van der Waals surface area contributed by atoms with Crippen LogP contribution in [0.5, 0.6) is 0 Å². The van der Waals surface area contributed by atoms with Crippen LogP contribution in [0.4, 0.5) is 0 Å². The van der Waals surface area contributed by atoms with Crippen LogP contribution in [0, 0.1) is 0 Å². The third kappa shape index (κ3) is 2.19. The average Bonchev–Trinajstić information content (AvgIpc) is 1.65. The van der Waals surface area contributed by atoms with E-state index in [0.717, 1.165) is 0 Å². The van der Waals surface area contributed by atoms with Crippen molar-refractivity contribution in [2.24, 2.45) is 11.4 Å². The Bertz CT molecular complexity index is 76.1. The fraction of sp³-hybridized carbons (Fsp3) is 0.500. The lowest BCUT2D eigenvalue weighted by Crippen LogP contribution is -2.40. The zero-order valence-corrected chi connectivity index (χ0v) is 3.79. The molecule has 0 saturated heterocycles. The molecule has 0 amide bonds. The monoisotopic (exact) mass is 102 g/mol. The maximum atomic E-state index is 9.73. The largest absolute Gasteiger partial charge is 0.481 e. The number of hydrogen-bond acceptors (Lipinski definition) is 3. The molecule has 40 valence electrons. The summed E-state index contributed by atoms with van der Waals surface area (Å²) in [4.78, 5) is 9.73. The Morgan fingerprint density at radius 1 is 1.86 bits per heavy atom. The summed E-state index contributed by atoms with van der Waals surface area (Å²) in [6.45, 7) is 0. The number of carboxylic acid groups (broad SMARTS) is 1. The van der Waals surface area contributed by atoms with E-state index < -0.39 is 11.9 Å². The van der Waals surface area contributed by atoms with Crippen LogP contribution in [0.2, 0.25) is 0 Å². The highest BCUT2D eigenvalue weighted by Gasteiger charge is 2.08. The molecule has 7 heavy (non-hydrogen) atoms. The zero-order valence-electron chi connectivity index (χ0n) is 3.79. The molecular weight excluding hydrogens is 94.8 g/mol. The van der Waals surface area contributed by atoms with Crippen molar-refractivity contribution in [2.45, 2.75) is 5.94 Å². The van der Waals surface area contributed by atoms with Crippen molar-refractivity contribution >= 4 is 13.4 Å². The van der Waals surface area contributed by atoms with E-state index in [2.05, 4.69) is 0 Å². The lowest BCUT2D eigenvalue weighted by atomic mass is 9.85. The summed E-state index contributed by atoms with van der Waals surface area (Å²) >= 11 is 0. The Balaban J connectivity index is 3.34. The number of carbonyl (C=O) groups is 1. The van der Waals surface area contributed by atoms with Crippen molar-refractivity contribution in [1.82, 2.24) is 0 Å². The molecule has 0 aromatic heterocycles. The molecule has 0 bridgehead atoms. The normalized spacial score (nSPS) is 12.9. The molecule has 0 saturated carbocycles. The second kappa shape index (κ2) is 2.60. The van der Waals surface area contributed by atoms with Gasteiger partial charge in [0, 0.05) is 0 Å². The van der Waals surface area contributed by atoms with Gasteiger partial charge in [-0.2, -0.15) is 0 Å². The maximum Gasteiger partial charge on any atom is 0.313 e. The summed E-state index contributed by atoms with van der Waals surface area (Å²) in [6.07, 6.45) is 0. The fourth-order valence-electron chi connectivity index (χ4n) is 0.101. The molecule has 5 heteroatoms. The minimum absolute atomic E-state index is 0.00463. The molecule has 0 rings (SSSR count). The Labute approximate surface area is 41.7 Å². The van der Waals surface area contributed by atoms with Crippen molar-refractivity contribution < 1.29 is 9.90 Å². The highest BCUT2D eigenvalue weighted by molar-refractivity contribution is 6.39. The van der Waals surface area contributed by atoms with E-state index in [1.807, 2.05) is 0 Å². The van der Waals surface area contributed by atoms with Gasteiger partial charge < -0.3 is 16.5 Å². The van der Waals surface area contributed by atoms with Gasteiger partial charge >= 0.3 is 5.97 Å². The molecule has 0 fully saturated rings. The summed E-state index contributed by atoms with van der Waals surface area (Å²) in [7, 11) is -0.00463. The number of aliphatic carboxylic acids is 1. The first kappa shape index (κ1) is 6.45. The lowest BCUT2D eigenvalue weighted by Gasteiger charge is -1.95. The first-order valence-electron chi connectivity index (χ1n) is 1.87. The molecule has 0 radical (unpaired) electrons. The molecule has 0 aliphatic rings. The summed E-state index contributed by atoms with van der Waals surface area (Å²) in [5, 5.41) is 7.98. The van der Waals surface area contributed by atoms with E-state index in [1.54, 1.807) is 0 Å². The molecule has 5 N–H and O–H groups in total. The second-order valence-electron chi connectivity index (χ2n) is 1.18. The van der Waals surface area contributed by atoms with E-state index >= 15 is 0 Å². The van der Waals surface area contributed by atoms with Gasteiger partial charge in [-0.25, -0.2) is 0 Å². The molecule has 1 atom stereocenters. The second-order valence-corrected chi connectivity index (χ2v) is 1.18. The molecule has 0 aromatic rings. The Morgan fingerprint density at radius 3 is 2.29 bits per heavy atom. The summed E-state index contributed by atoms with van der Waals surface area (Å²) in [5.74, 6) is -1.96. The van der Waals surface area contributed by atoms with Crippen LogP contribution < -0.4 is 11.4 Å². The minimum Gasteiger partial charge on any atom is -0.481 e. The molecule has 0 spiro atoms. The van der Waals surface area contributed by atoms with Crippen LogP contribution in [-0.2, 0) is 4.79 Å². The number of carboxylic acids is 1. The maximum absolute atomic E-state index is 9.73. The predicted octanol–water partition coefficient (Wildman–Crippen LogP) is -2.33. The van der Waals surface area contributed by atoms with Crippen LogP contribution >= 0.6 is 0 Å². The van der Waals surface area contributed by atoms with Crippen molar-refractivity contribution in [2.75, 3.05) is 0 Å². The van der Waals surface area contributed by atoms with Crippen LogP contribution in [0.15, 0.2) is 0 Å². The molecule has 0 aliphatic carbocycles. The molecule has 1 unspecified atom stereocenters. The number of rotatable bonds is 2. The highest BCUT2D eigenvalue weighted by atomic mass is 16.4. The Hall–Kier alpha value is -0.545. The summed E-state index contributed by atoms with van der Waals surface area (Å²) < 4.78 is 0. The predicted molar refractivity (Wildman–Crippen MR) is 26.9 cm³/mol. The van der Waals surface area contributed by atoms with Crippen LogP contribution in [0.1, 0.15) is 0 Å². The minimum atomic E-state index is -1.05. The van der Waals surface area contributed by atoms with Gasteiger partial charge in [0.15, 0.2) is 0 Å². The van der Waals surface area contributed by atoms with Crippen molar-refractivity contribution in [3.8, 4) is 0 Å². The van der Waals surface area contributed by atoms with Crippen molar-refractivity contribution in [1.29, 1.82) is 0 Å². The average molecular weight is 102 g/mol. The molecule has 4 nitrogen and oxygen atoms in total. The standard InChI is InChI=1S/C2H7BN2O2/c4-1(3-5)2(6)7/h1,3H,4-5H2,(H,6,7). The van der Waals surface area contributed by atoms with E-state index in [4.69, 9.17) is 16.5 Å². The SMILES string of the molecule is NBC(N)C(=O)O. The van der Waals surface area contributed by atoms with E-state index in [1.165, 1.54) is 0 Å². The molecule has 0 aromatic carbocycles. The van der Waals surface area contributed by atoms with Crippen LogP contribution in [0.3, 0.4) is 0 Å². The quantitative estimate of drug-likeness (QED) is 0.341. The first-order chi connectivity index (χ1) is 3.18. The third-order valence-electron chi connectivity index (χ3n) is 0.571. The molecule has 0 heterocycles. The van der Waals surface area contributed by atoms with Crippen molar-refractivity contribution in [3.05, 3.63) is 0 Å². The fourth-order valence-corrected chi connectivity index (χ4v) is 0.101. The van der Waals surface area contributed by atoms with Gasteiger partial charge in [0.1, 0.15) is 0 Å². The molecule has 0 aliphatic heterocycles. The summed E-state index contributed by atoms with van der Waals surface area (Å²) in [6, 6.07) is 0. The lowest BCUT2D eigenvalue weighted by molar-refractivity contribution is -0.136. The Kier molecular flexibility index (Phi) is 2.40. The van der Waals surface area contributed by atoms with Gasteiger partial charge in [0.25, 0.3) is 0 Å². The smallest absolute Gasteiger partial charge is 0.313 e.